The zero-order valence-corrected chi connectivity index (χ0v) is 17.1. The average Bonchev–Trinajstić information content (AvgIpc) is 2.59. The summed E-state index contributed by atoms with van der Waals surface area (Å²) >= 11 is 6.16. The third kappa shape index (κ3) is 3.61. The number of fused-ring (bicyclic) bond motifs is 1. The van der Waals surface area contributed by atoms with Crippen molar-refractivity contribution in [3.63, 3.8) is 0 Å². The highest BCUT2D eigenvalue weighted by atomic mass is 35.5. The minimum atomic E-state index is 0.532. The van der Waals surface area contributed by atoms with E-state index in [4.69, 9.17) is 16.3 Å². The van der Waals surface area contributed by atoms with Gasteiger partial charge in [-0.3, -0.25) is 0 Å². The molecule has 0 radical (unpaired) electrons. The molecule has 26 heavy (non-hydrogen) atoms. The van der Waals surface area contributed by atoms with Crippen molar-refractivity contribution in [2.24, 2.45) is 0 Å². The molecule has 5 heteroatoms. The molecule has 0 amide bonds. The monoisotopic (exact) mass is 373 g/mol. The van der Waals surface area contributed by atoms with Crippen LogP contribution in [0.1, 0.15) is 43.5 Å². The molecule has 2 heterocycles. The van der Waals surface area contributed by atoms with Gasteiger partial charge in [0.25, 0.3) is 0 Å². The molecule has 0 atom stereocenters. The van der Waals surface area contributed by atoms with E-state index in [0.29, 0.717) is 11.9 Å². The molecule has 3 rings (SSSR count). The molecule has 0 spiro atoms. The van der Waals surface area contributed by atoms with E-state index in [1.54, 1.807) is 0 Å². The molecule has 0 unspecified atom stereocenters. The van der Waals surface area contributed by atoms with Crippen molar-refractivity contribution in [2.45, 2.75) is 53.5 Å². The summed E-state index contributed by atoms with van der Waals surface area (Å²) in [6.45, 7) is 12.4. The van der Waals surface area contributed by atoms with Gasteiger partial charge in [0, 0.05) is 29.8 Å². The lowest BCUT2D eigenvalue weighted by molar-refractivity contribution is 0.454. The second-order valence-electron chi connectivity index (χ2n) is 7.02. The van der Waals surface area contributed by atoms with Crippen LogP contribution < -0.4 is 15.0 Å². The number of nitrogens with one attached hydrogen (secondary N) is 1. The van der Waals surface area contributed by atoms with E-state index in [9.17, 15) is 0 Å². The fourth-order valence-electron chi connectivity index (χ4n) is 3.78. The first-order chi connectivity index (χ1) is 12.4. The number of halogens is 1. The largest absolute Gasteiger partial charge is 0.436 e. The summed E-state index contributed by atoms with van der Waals surface area (Å²) in [7, 11) is 0. The molecule has 140 valence electrons. The molecule has 1 aliphatic rings. The van der Waals surface area contributed by atoms with Crippen LogP contribution in [0.5, 0.6) is 11.6 Å². The minimum Gasteiger partial charge on any atom is -0.436 e. The average molecular weight is 374 g/mol. The van der Waals surface area contributed by atoms with Crippen molar-refractivity contribution in [1.29, 1.82) is 0 Å². The van der Waals surface area contributed by atoms with Crippen molar-refractivity contribution in [1.82, 2.24) is 4.98 Å². The predicted molar refractivity (Wildman–Crippen MR) is 110 cm³/mol. The Kier molecular flexibility index (Phi) is 5.61. The molecule has 4 nitrogen and oxygen atoms in total. The van der Waals surface area contributed by atoms with E-state index in [1.165, 1.54) is 5.69 Å². The summed E-state index contributed by atoms with van der Waals surface area (Å²) in [5.74, 6) is 1.47. The van der Waals surface area contributed by atoms with E-state index >= 15 is 0 Å². The number of benzene rings is 1. The molecule has 2 aromatic rings. The van der Waals surface area contributed by atoms with Crippen molar-refractivity contribution in [3.05, 3.63) is 40.0 Å². The van der Waals surface area contributed by atoms with Gasteiger partial charge in [-0.25, -0.2) is 4.98 Å². The van der Waals surface area contributed by atoms with Crippen LogP contribution in [0.3, 0.4) is 0 Å². The highest BCUT2D eigenvalue weighted by Gasteiger charge is 2.26. The van der Waals surface area contributed by atoms with Gasteiger partial charge in [0.05, 0.1) is 5.69 Å². The number of rotatable bonds is 5. The Hall–Kier alpha value is -1.94. The molecule has 1 N–H and O–H groups in total. The Bertz CT molecular complexity index is 779. The number of ether oxygens (including phenoxy) is 1. The van der Waals surface area contributed by atoms with Gasteiger partial charge in [0.1, 0.15) is 11.4 Å². The van der Waals surface area contributed by atoms with Crippen LogP contribution in [0.15, 0.2) is 18.2 Å². The Balaban J connectivity index is 2.05. The van der Waals surface area contributed by atoms with E-state index in [1.807, 2.05) is 32.9 Å². The lowest BCUT2D eigenvalue weighted by Gasteiger charge is -2.38. The van der Waals surface area contributed by atoms with Gasteiger partial charge < -0.3 is 15.0 Å². The zero-order valence-electron chi connectivity index (χ0n) is 16.3. The second kappa shape index (κ2) is 7.75. The van der Waals surface area contributed by atoms with Crippen molar-refractivity contribution in [2.75, 3.05) is 23.3 Å². The first-order valence-corrected chi connectivity index (χ1v) is 9.79. The van der Waals surface area contributed by atoms with E-state index in [-0.39, 0.29) is 0 Å². The maximum absolute atomic E-state index is 6.31. The van der Waals surface area contributed by atoms with Crippen LogP contribution in [0.25, 0.3) is 0 Å². The Morgan fingerprint density at radius 3 is 2.42 bits per heavy atom. The lowest BCUT2D eigenvalue weighted by Crippen LogP contribution is -2.41. The van der Waals surface area contributed by atoms with Crippen LogP contribution in [-0.2, 0) is 0 Å². The SMILES string of the molecule is CCC(CC)N1CCNc2c1cc(C)nc2Oc1c(C)cc(Cl)cc1C. The highest BCUT2D eigenvalue weighted by molar-refractivity contribution is 6.30. The van der Waals surface area contributed by atoms with Crippen LogP contribution in [0.4, 0.5) is 11.4 Å². The standard InChI is InChI=1S/C21H28ClN3O/c1-6-17(7-2)25-9-8-23-19-18(25)12-15(5)24-21(19)26-20-13(3)10-16(22)11-14(20)4/h10-12,17,23H,6-9H2,1-5H3. The van der Waals surface area contributed by atoms with Crippen LogP contribution in [0.2, 0.25) is 5.02 Å². The molecule has 1 aromatic carbocycles. The number of pyridine rings is 1. The topological polar surface area (TPSA) is 37.4 Å². The number of hydrogen-bond donors (Lipinski definition) is 1. The molecule has 1 aliphatic heterocycles. The first-order valence-electron chi connectivity index (χ1n) is 9.41. The van der Waals surface area contributed by atoms with Gasteiger partial charge in [0.15, 0.2) is 0 Å². The summed E-state index contributed by atoms with van der Waals surface area (Å²) in [5.41, 5.74) is 5.17. The molecular weight excluding hydrogens is 346 g/mol. The third-order valence-corrected chi connectivity index (χ3v) is 5.28. The van der Waals surface area contributed by atoms with Gasteiger partial charge in [0.2, 0.25) is 5.88 Å². The molecular formula is C21H28ClN3O. The number of aryl methyl sites for hydroxylation is 3. The maximum atomic E-state index is 6.31. The summed E-state index contributed by atoms with van der Waals surface area (Å²) in [6.07, 6.45) is 2.26. The second-order valence-corrected chi connectivity index (χ2v) is 7.46. The summed E-state index contributed by atoms with van der Waals surface area (Å²) in [6, 6.07) is 6.55. The first kappa shape index (κ1) is 18.8. The fourth-order valence-corrected chi connectivity index (χ4v) is 4.11. The van der Waals surface area contributed by atoms with Crippen LogP contribution in [-0.4, -0.2) is 24.1 Å². The molecule has 0 saturated carbocycles. The lowest BCUT2D eigenvalue weighted by atomic mass is 10.1. The van der Waals surface area contributed by atoms with Crippen molar-refractivity contribution >= 4 is 23.0 Å². The fraction of sp³-hybridized carbons (Fsp3) is 0.476. The Labute approximate surface area is 161 Å². The van der Waals surface area contributed by atoms with Gasteiger partial charge in [-0.05, 0) is 62.9 Å². The summed E-state index contributed by atoms with van der Waals surface area (Å²) < 4.78 is 6.31. The van der Waals surface area contributed by atoms with Crippen molar-refractivity contribution < 1.29 is 4.74 Å². The van der Waals surface area contributed by atoms with Crippen LogP contribution >= 0.6 is 11.6 Å². The Morgan fingerprint density at radius 2 is 1.81 bits per heavy atom. The number of anilines is 2. The summed E-state index contributed by atoms with van der Waals surface area (Å²) in [4.78, 5) is 7.18. The molecule has 0 fully saturated rings. The smallest absolute Gasteiger partial charge is 0.245 e. The normalized spacial score (nSPS) is 13.6. The molecule has 0 saturated heterocycles. The highest BCUT2D eigenvalue weighted by Crippen LogP contribution is 2.41. The third-order valence-electron chi connectivity index (χ3n) is 5.06. The van der Waals surface area contributed by atoms with E-state index < -0.39 is 0 Å². The van der Waals surface area contributed by atoms with E-state index in [2.05, 4.69) is 35.1 Å². The number of hydrogen-bond acceptors (Lipinski definition) is 4. The quantitative estimate of drug-likeness (QED) is 0.710. The van der Waals surface area contributed by atoms with Gasteiger partial charge in [-0.15, -0.1) is 0 Å². The van der Waals surface area contributed by atoms with Gasteiger partial charge in [-0.1, -0.05) is 25.4 Å². The maximum Gasteiger partial charge on any atom is 0.245 e. The molecule has 0 bridgehead atoms. The zero-order chi connectivity index (χ0) is 18.8. The number of nitrogens with zero attached hydrogens (tertiary/aromatic N) is 2. The number of aromatic nitrogens is 1. The van der Waals surface area contributed by atoms with Crippen LogP contribution in [0, 0.1) is 20.8 Å². The predicted octanol–water partition coefficient (Wildman–Crippen LogP) is 5.87. The van der Waals surface area contributed by atoms with Crippen molar-refractivity contribution in [3.8, 4) is 11.6 Å². The Morgan fingerprint density at radius 1 is 1.15 bits per heavy atom. The molecule has 1 aromatic heterocycles. The summed E-state index contributed by atoms with van der Waals surface area (Å²) in [5, 5.41) is 4.23. The van der Waals surface area contributed by atoms with Gasteiger partial charge >= 0.3 is 0 Å². The molecule has 0 aliphatic carbocycles. The minimum absolute atomic E-state index is 0.532. The van der Waals surface area contributed by atoms with E-state index in [0.717, 1.165) is 59.2 Å². The van der Waals surface area contributed by atoms with Gasteiger partial charge in [-0.2, -0.15) is 0 Å².